The quantitative estimate of drug-likeness (QED) is 0.923. The van der Waals surface area contributed by atoms with Crippen molar-refractivity contribution in [2.75, 3.05) is 0 Å². The van der Waals surface area contributed by atoms with E-state index in [1.54, 1.807) is 6.07 Å². The maximum Gasteiger partial charge on any atom is 0.271 e. The van der Waals surface area contributed by atoms with Crippen molar-refractivity contribution in [3.05, 3.63) is 33.9 Å². The lowest BCUT2D eigenvalue weighted by atomic mass is 9.88. The highest BCUT2D eigenvalue weighted by atomic mass is 16.1. The van der Waals surface area contributed by atoms with Crippen LogP contribution in [0.15, 0.2) is 16.9 Å². The summed E-state index contributed by atoms with van der Waals surface area (Å²) in [4.78, 5) is 16.6. The minimum atomic E-state index is -0.0380. The van der Waals surface area contributed by atoms with Crippen LogP contribution in [0.1, 0.15) is 52.4 Å². The molecule has 0 spiro atoms. The molecule has 1 atom stereocenters. The van der Waals surface area contributed by atoms with Crippen molar-refractivity contribution in [3.63, 3.8) is 0 Å². The third-order valence-corrected chi connectivity index (χ3v) is 3.61. The molecule has 0 saturated heterocycles. The minimum Gasteiger partial charge on any atom is -0.276 e. The van der Waals surface area contributed by atoms with Gasteiger partial charge in [0.25, 0.3) is 5.56 Å². The molecular weight excluding hydrogens is 238 g/mol. The lowest BCUT2D eigenvalue weighted by Gasteiger charge is -2.18. The number of hydrogen-bond acceptors (Lipinski definition) is 2. The van der Waals surface area contributed by atoms with Crippen LogP contribution in [0.5, 0.6) is 0 Å². The summed E-state index contributed by atoms with van der Waals surface area (Å²) in [5, 5.41) is 3.10. The van der Waals surface area contributed by atoms with Crippen molar-refractivity contribution < 1.29 is 0 Å². The van der Waals surface area contributed by atoms with Crippen LogP contribution >= 0.6 is 0 Å². The van der Waals surface area contributed by atoms with Gasteiger partial charge in [-0.15, -0.1) is 0 Å². The zero-order valence-electron chi connectivity index (χ0n) is 12.4. The summed E-state index contributed by atoms with van der Waals surface area (Å²) in [6.45, 7) is 10.7. The highest BCUT2D eigenvalue weighted by Crippen LogP contribution is 2.21. The van der Waals surface area contributed by atoms with Crippen molar-refractivity contribution in [3.8, 4) is 0 Å². The van der Waals surface area contributed by atoms with Crippen LogP contribution in [0, 0.1) is 5.92 Å². The first-order valence-electron chi connectivity index (χ1n) is 6.93. The van der Waals surface area contributed by atoms with Crippen molar-refractivity contribution in [2.45, 2.75) is 52.9 Å². The van der Waals surface area contributed by atoms with Gasteiger partial charge >= 0.3 is 0 Å². The number of nitrogens with zero attached hydrogens (tertiary/aromatic N) is 2. The van der Waals surface area contributed by atoms with Gasteiger partial charge in [0.2, 0.25) is 0 Å². The molecule has 4 nitrogen and oxygen atoms in total. The summed E-state index contributed by atoms with van der Waals surface area (Å²) >= 11 is 0. The van der Waals surface area contributed by atoms with E-state index in [-0.39, 0.29) is 11.0 Å². The van der Waals surface area contributed by atoms with Gasteiger partial charge in [-0.3, -0.25) is 9.89 Å². The second-order valence-electron chi connectivity index (χ2n) is 6.41. The molecule has 0 amide bonds. The average Bonchev–Trinajstić information content (AvgIpc) is 2.70. The van der Waals surface area contributed by atoms with Crippen LogP contribution in [-0.4, -0.2) is 14.6 Å². The van der Waals surface area contributed by atoms with E-state index in [0.29, 0.717) is 5.92 Å². The number of fused-ring (bicyclic) bond motifs is 1. The summed E-state index contributed by atoms with van der Waals surface area (Å²) in [6, 6.07) is 3.69. The number of rotatable bonds is 3. The molecule has 4 heteroatoms. The maximum absolute atomic E-state index is 12.1. The molecule has 2 heterocycles. The number of pyridine rings is 1. The molecule has 1 N–H and O–H groups in total. The van der Waals surface area contributed by atoms with Crippen molar-refractivity contribution in [2.24, 2.45) is 5.92 Å². The first kappa shape index (κ1) is 13.8. The van der Waals surface area contributed by atoms with Crippen LogP contribution in [-0.2, 0) is 11.8 Å². The van der Waals surface area contributed by atoms with Crippen LogP contribution < -0.4 is 5.56 Å². The largest absolute Gasteiger partial charge is 0.276 e. The van der Waals surface area contributed by atoms with Crippen LogP contribution in [0.25, 0.3) is 5.65 Å². The molecule has 0 aliphatic heterocycles. The van der Waals surface area contributed by atoms with Crippen LogP contribution in [0.2, 0.25) is 0 Å². The Kier molecular flexibility index (Phi) is 3.52. The van der Waals surface area contributed by atoms with Gasteiger partial charge in [0.1, 0.15) is 5.82 Å². The Morgan fingerprint density at radius 1 is 1.37 bits per heavy atom. The first-order chi connectivity index (χ1) is 8.81. The second kappa shape index (κ2) is 4.83. The molecule has 0 aliphatic rings. The first-order valence-corrected chi connectivity index (χ1v) is 6.93. The Bertz CT molecular complexity index is 631. The Morgan fingerprint density at radius 3 is 2.63 bits per heavy atom. The van der Waals surface area contributed by atoms with Gasteiger partial charge in [-0.2, -0.15) is 0 Å². The van der Waals surface area contributed by atoms with Gasteiger partial charge < -0.3 is 0 Å². The second-order valence-corrected chi connectivity index (χ2v) is 6.41. The summed E-state index contributed by atoms with van der Waals surface area (Å²) in [5.74, 6) is 1.45. The van der Waals surface area contributed by atoms with Gasteiger partial charge in [-0.05, 0) is 23.0 Å². The molecule has 104 valence electrons. The van der Waals surface area contributed by atoms with Gasteiger partial charge in [0.15, 0.2) is 5.65 Å². The van der Waals surface area contributed by atoms with Crippen molar-refractivity contribution >= 4 is 5.65 Å². The third kappa shape index (κ3) is 2.88. The lowest BCUT2D eigenvalue weighted by molar-refractivity contribution is 0.543. The van der Waals surface area contributed by atoms with E-state index in [2.05, 4.69) is 44.7 Å². The Balaban J connectivity index is 2.48. The fourth-order valence-corrected chi connectivity index (χ4v) is 2.04. The van der Waals surface area contributed by atoms with Gasteiger partial charge in [0, 0.05) is 12.5 Å². The Labute approximate surface area is 113 Å². The number of aromatic amines is 1. The predicted molar refractivity (Wildman–Crippen MR) is 77.7 cm³/mol. The zero-order chi connectivity index (χ0) is 14.2. The normalized spacial score (nSPS) is 13.9. The molecule has 0 fully saturated rings. The van der Waals surface area contributed by atoms with E-state index in [1.165, 1.54) is 4.52 Å². The Morgan fingerprint density at radius 2 is 2.05 bits per heavy atom. The smallest absolute Gasteiger partial charge is 0.271 e. The minimum absolute atomic E-state index is 0.0367. The SMILES string of the molecule is CCC(C)Cc1nc2cc(C(C)(C)C)cc(=O)n2[nH]1. The zero-order valence-corrected chi connectivity index (χ0v) is 12.4. The maximum atomic E-state index is 12.1. The molecular formula is C15H23N3O. The molecule has 0 radical (unpaired) electrons. The fourth-order valence-electron chi connectivity index (χ4n) is 2.04. The summed E-state index contributed by atoms with van der Waals surface area (Å²) in [5.41, 5.74) is 1.67. The molecule has 19 heavy (non-hydrogen) atoms. The monoisotopic (exact) mass is 261 g/mol. The highest BCUT2D eigenvalue weighted by molar-refractivity contribution is 5.42. The van der Waals surface area contributed by atoms with E-state index in [4.69, 9.17) is 0 Å². The molecule has 2 aromatic heterocycles. The molecule has 1 unspecified atom stereocenters. The molecule has 0 bridgehead atoms. The number of H-pyrrole nitrogens is 1. The summed E-state index contributed by atoms with van der Waals surface area (Å²) in [7, 11) is 0. The predicted octanol–water partition coefficient (Wildman–Crippen LogP) is 2.91. The van der Waals surface area contributed by atoms with Gasteiger partial charge in [-0.1, -0.05) is 41.0 Å². The molecule has 0 aliphatic carbocycles. The van der Waals surface area contributed by atoms with Crippen molar-refractivity contribution in [1.82, 2.24) is 14.6 Å². The number of nitrogens with one attached hydrogen (secondary N) is 1. The third-order valence-electron chi connectivity index (χ3n) is 3.61. The lowest BCUT2D eigenvalue weighted by Crippen LogP contribution is -2.19. The molecule has 0 saturated carbocycles. The number of hydrogen-bond donors (Lipinski definition) is 1. The number of aromatic nitrogens is 3. The van der Waals surface area contributed by atoms with Gasteiger partial charge in [-0.25, -0.2) is 9.50 Å². The standard InChI is InChI=1S/C15H23N3O/c1-6-10(2)7-12-16-13-8-11(15(3,4)5)9-14(19)18(13)17-12/h8-10H,6-7H2,1-5H3,(H,16,17). The van der Waals surface area contributed by atoms with E-state index in [1.807, 2.05) is 6.07 Å². The molecule has 0 aromatic carbocycles. The van der Waals surface area contributed by atoms with E-state index < -0.39 is 0 Å². The van der Waals surface area contributed by atoms with Crippen LogP contribution in [0.3, 0.4) is 0 Å². The summed E-state index contributed by atoms with van der Waals surface area (Å²) in [6.07, 6.45) is 1.99. The van der Waals surface area contributed by atoms with Gasteiger partial charge in [0.05, 0.1) is 0 Å². The van der Waals surface area contributed by atoms with Crippen LogP contribution in [0.4, 0.5) is 0 Å². The van der Waals surface area contributed by atoms with E-state index >= 15 is 0 Å². The molecule has 2 rings (SSSR count). The fraction of sp³-hybridized carbons (Fsp3) is 0.600. The Hall–Kier alpha value is -1.58. The molecule has 2 aromatic rings. The average molecular weight is 261 g/mol. The van der Waals surface area contributed by atoms with Crippen molar-refractivity contribution in [1.29, 1.82) is 0 Å². The highest BCUT2D eigenvalue weighted by Gasteiger charge is 2.17. The van der Waals surface area contributed by atoms with E-state index in [0.717, 1.165) is 29.9 Å². The summed E-state index contributed by atoms with van der Waals surface area (Å²) < 4.78 is 1.53. The topological polar surface area (TPSA) is 50.2 Å². The van der Waals surface area contributed by atoms with E-state index in [9.17, 15) is 4.79 Å².